The minimum Gasteiger partial charge on any atom is -0.497 e. The summed E-state index contributed by atoms with van der Waals surface area (Å²) in [5.41, 5.74) is 0.0279. The monoisotopic (exact) mass is 263 g/mol. The minimum atomic E-state index is -0.817. The fourth-order valence-corrected chi connectivity index (χ4v) is 2.97. The molecule has 0 spiro atoms. The maximum atomic E-state index is 11.0. The highest BCUT2D eigenvalue weighted by atomic mass is 16.5. The molecule has 0 bridgehead atoms. The number of methoxy groups -OCH3 is 2. The van der Waals surface area contributed by atoms with E-state index in [0.29, 0.717) is 12.6 Å². The van der Waals surface area contributed by atoms with Crippen LogP contribution in [0.25, 0.3) is 0 Å². The number of benzene rings is 1. The van der Waals surface area contributed by atoms with Gasteiger partial charge in [0.05, 0.1) is 14.2 Å². The Balaban J connectivity index is 1.91. The van der Waals surface area contributed by atoms with Gasteiger partial charge in [0.15, 0.2) is 0 Å². The van der Waals surface area contributed by atoms with Crippen molar-refractivity contribution in [2.24, 2.45) is 0 Å². The molecule has 104 valence electrons. The van der Waals surface area contributed by atoms with Crippen LogP contribution >= 0.6 is 0 Å². The first-order valence-electron chi connectivity index (χ1n) is 6.85. The molecule has 0 radical (unpaired) electrons. The summed E-state index contributed by atoms with van der Waals surface area (Å²) in [6.45, 7) is 1.66. The van der Waals surface area contributed by atoms with Gasteiger partial charge < -0.3 is 14.6 Å². The van der Waals surface area contributed by atoms with Crippen LogP contribution in [0.4, 0.5) is 0 Å². The lowest BCUT2D eigenvalue weighted by molar-refractivity contribution is 0.0425. The van der Waals surface area contributed by atoms with Gasteiger partial charge in [0, 0.05) is 24.7 Å². The summed E-state index contributed by atoms with van der Waals surface area (Å²) in [5.74, 6) is 1.50. The van der Waals surface area contributed by atoms with E-state index >= 15 is 0 Å². The zero-order valence-electron chi connectivity index (χ0n) is 11.6. The van der Waals surface area contributed by atoms with Crippen molar-refractivity contribution in [2.75, 3.05) is 27.3 Å². The Bertz CT molecular complexity index is 472. The van der Waals surface area contributed by atoms with Crippen LogP contribution in [0, 0.1) is 0 Å². The predicted octanol–water partition coefficient (Wildman–Crippen LogP) is 1.76. The molecule has 4 nitrogen and oxygen atoms in total. The first-order valence-corrected chi connectivity index (χ1v) is 6.85. The molecule has 4 heteroatoms. The summed E-state index contributed by atoms with van der Waals surface area (Å²) in [7, 11) is 3.28. The largest absolute Gasteiger partial charge is 0.497 e. The molecule has 1 saturated carbocycles. The lowest BCUT2D eigenvalue weighted by atomic mass is 9.92. The second-order valence-corrected chi connectivity index (χ2v) is 5.55. The quantitative estimate of drug-likeness (QED) is 0.899. The summed E-state index contributed by atoms with van der Waals surface area (Å²) in [6, 6.07) is 6.31. The van der Waals surface area contributed by atoms with Crippen LogP contribution in [0.15, 0.2) is 18.2 Å². The van der Waals surface area contributed by atoms with Crippen LogP contribution in [0.3, 0.4) is 0 Å². The fraction of sp³-hybridized carbons (Fsp3) is 0.600. The second kappa shape index (κ2) is 4.69. The third kappa shape index (κ3) is 2.30. The number of hydrogen-bond donors (Lipinski definition) is 1. The van der Waals surface area contributed by atoms with E-state index in [4.69, 9.17) is 9.47 Å². The second-order valence-electron chi connectivity index (χ2n) is 5.55. The smallest absolute Gasteiger partial charge is 0.125 e. The fourth-order valence-electron chi connectivity index (χ4n) is 2.97. The molecule has 1 heterocycles. The minimum absolute atomic E-state index is 0.686. The van der Waals surface area contributed by atoms with Crippen LogP contribution in [0.5, 0.6) is 11.5 Å². The summed E-state index contributed by atoms with van der Waals surface area (Å²) >= 11 is 0. The molecule has 1 aliphatic carbocycles. The molecule has 2 aliphatic rings. The van der Waals surface area contributed by atoms with Crippen molar-refractivity contribution in [2.45, 2.75) is 30.9 Å². The van der Waals surface area contributed by atoms with E-state index in [0.717, 1.165) is 30.0 Å². The lowest BCUT2D eigenvalue weighted by Crippen LogP contribution is -2.32. The summed E-state index contributed by atoms with van der Waals surface area (Å²) < 4.78 is 10.7. The predicted molar refractivity (Wildman–Crippen MR) is 72.7 cm³/mol. The van der Waals surface area contributed by atoms with Crippen LogP contribution in [-0.2, 0) is 5.60 Å². The van der Waals surface area contributed by atoms with Gasteiger partial charge in [-0.25, -0.2) is 0 Å². The normalized spacial score (nSPS) is 27.5. The van der Waals surface area contributed by atoms with Gasteiger partial charge >= 0.3 is 0 Å². The Morgan fingerprint density at radius 1 is 1.26 bits per heavy atom. The van der Waals surface area contributed by atoms with Crippen molar-refractivity contribution in [3.63, 3.8) is 0 Å². The van der Waals surface area contributed by atoms with Crippen molar-refractivity contribution in [3.8, 4) is 11.5 Å². The molecule has 19 heavy (non-hydrogen) atoms. The van der Waals surface area contributed by atoms with Gasteiger partial charge in [0.1, 0.15) is 17.1 Å². The highest BCUT2D eigenvalue weighted by Crippen LogP contribution is 2.42. The van der Waals surface area contributed by atoms with Gasteiger partial charge in [-0.3, -0.25) is 4.90 Å². The molecule has 1 aromatic rings. The van der Waals surface area contributed by atoms with E-state index in [1.165, 1.54) is 12.8 Å². The van der Waals surface area contributed by atoms with E-state index in [-0.39, 0.29) is 0 Å². The van der Waals surface area contributed by atoms with Crippen molar-refractivity contribution in [1.29, 1.82) is 0 Å². The SMILES string of the molecule is COc1ccc(OC)c(C2(O)CCN(C3CC3)C2)c1. The molecular weight excluding hydrogens is 242 g/mol. The standard InChI is InChI=1S/C15H21NO3/c1-18-12-5-6-14(19-2)13(9-12)15(17)7-8-16(10-15)11-3-4-11/h5-6,9,11,17H,3-4,7-8,10H2,1-2H3. The van der Waals surface area contributed by atoms with Crippen molar-refractivity contribution in [3.05, 3.63) is 23.8 Å². The Labute approximate surface area is 113 Å². The average molecular weight is 263 g/mol. The lowest BCUT2D eigenvalue weighted by Gasteiger charge is -2.26. The summed E-state index contributed by atoms with van der Waals surface area (Å²) in [6.07, 6.45) is 3.30. The third-order valence-electron chi connectivity index (χ3n) is 4.25. The van der Waals surface area contributed by atoms with Crippen LogP contribution in [0.2, 0.25) is 0 Å². The maximum absolute atomic E-state index is 11.0. The molecule has 3 rings (SSSR count). The molecule has 1 aromatic carbocycles. The molecule has 0 amide bonds. The van der Waals surface area contributed by atoms with Crippen molar-refractivity contribution >= 4 is 0 Å². The van der Waals surface area contributed by atoms with Crippen molar-refractivity contribution < 1.29 is 14.6 Å². The number of likely N-dealkylation sites (tertiary alicyclic amines) is 1. The Hall–Kier alpha value is -1.26. The first kappa shape index (κ1) is 12.8. The van der Waals surface area contributed by atoms with E-state index in [2.05, 4.69) is 4.90 Å². The molecule has 1 atom stereocenters. The molecule has 1 saturated heterocycles. The third-order valence-corrected chi connectivity index (χ3v) is 4.25. The zero-order chi connectivity index (χ0) is 13.5. The van der Waals surface area contributed by atoms with E-state index < -0.39 is 5.60 Å². The average Bonchev–Trinajstić information content (AvgIpc) is 3.21. The molecule has 1 unspecified atom stereocenters. The molecule has 2 fully saturated rings. The Morgan fingerprint density at radius 3 is 2.68 bits per heavy atom. The Kier molecular flexibility index (Phi) is 3.15. The van der Waals surface area contributed by atoms with E-state index in [1.807, 2.05) is 18.2 Å². The van der Waals surface area contributed by atoms with Gasteiger partial charge in [-0.1, -0.05) is 0 Å². The number of aliphatic hydroxyl groups is 1. The topological polar surface area (TPSA) is 41.9 Å². The van der Waals surface area contributed by atoms with Crippen LogP contribution < -0.4 is 9.47 Å². The molecular formula is C15H21NO3. The number of β-amino-alcohol motifs (C(OH)–C–C–N with tert-alkyl or cyclic N) is 1. The van der Waals surface area contributed by atoms with Gasteiger partial charge in [-0.05, 0) is 37.5 Å². The number of nitrogens with zero attached hydrogens (tertiary/aromatic N) is 1. The summed E-state index contributed by atoms with van der Waals surface area (Å²) in [5, 5.41) is 11.0. The highest BCUT2D eigenvalue weighted by molar-refractivity contribution is 5.44. The van der Waals surface area contributed by atoms with Gasteiger partial charge in [-0.15, -0.1) is 0 Å². The molecule has 1 aliphatic heterocycles. The first-order chi connectivity index (χ1) is 9.16. The number of rotatable bonds is 4. The molecule has 0 aromatic heterocycles. The van der Waals surface area contributed by atoms with Crippen LogP contribution in [0.1, 0.15) is 24.8 Å². The number of ether oxygens (including phenoxy) is 2. The van der Waals surface area contributed by atoms with E-state index in [1.54, 1.807) is 14.2 Å². The number of hydrogen-bond acceptors (Lipinski definition) is 4. The van der Waals surface area contributed by atoms with E-state index in [9.17, 15) is 5.11 Å². The van der Waals surface area contributed by atoms with Gasteiger partial charge in [0.25, 0.3) is 0 Å². The Morgan fingerprint density at radius 2 is 2.05 bits per heavy atom. The van der Waals surface area contributed by atoms with Crippen LogP contribution in [-0.4, -0.2) is 43.4 Å². The molecule has 1 N–H and O–H groups in total. The van der Waals surface area contributed by atoms with Crippen molar-refractivity contribution in [1.82, 2.24) is 4.90 Å². The van der Waals surface area contributed by atoms with Gasteiger partial charge in [-0.2, -0.15) is 0 Å². The maximum Gasteiger partial charge on any atom is 0.125 e. The van der Waals surface area contributed by atoms with Gasteiger partial charge in [0.2, 0.25) is 0 Å². The summed E-state index contributed by atoms with van der Waals surface area (Å²) in [4.78, 5) is 2.39. The highest BCUT2D eigenvalue weighted by Gasteiger charge is 2.44. The zero-order valence-corrected chi connectivity index (χ0v) is 11.6.